The van der Waals surface area contributed by atoms with Gasteiger partial charge < -0.3 is 0 Å². The number of hydrogen-bond acceptors (Lipinski definition) is 3. The van der Waals surface area contributed by atoms with E-state index in [0.717, 1.165) is 52.0 Å². The fourth-order valence-electron chi connectivity index (χ4n) is 6.93. The summed E-state index contributed by atoms with van der Waals surface area (Å²) in [6.45, 7) is 4.35. The number of aromatic nitrogens is 3. The normalized spacial score (nSPS) is 11.7. The van der Waals surface area contributed by atoms with Crippen molar-refractivity contribution >= 4 is 27.1 Å². The molecule has 50 heavy (non-hydrogen) atoms. The first-order valence-corrected chi connectivity index (χ1v) is 17.4. The van der Waals surface area contributed by atoms with Crippen LogP contribution in [0.1, 0.15) is 32.3 Å². The van der Waals surface area contributed by atoms with Gasteiger partial charge in [0.05, 0.1) is 11.4 Å². The lowest BCUT2D eigenvalue weighted by atomic mass is 9.93. The molecule has 0 bridgehead atoms. The van der Waals surface area contributed by atoms with Crippen molar-refractivity contribution in [2.75, 3.05) is 0 Å². The molecule has 0 atom stereocenters. The van der Waals surface area contributed by atoms with Gasteiger partial charge in [-0.15, -0.1) is 0 Å². The van der Waals surface area contributed by atoms with Crippen LogP contribution in [0.25, 0.3) is 83.3 Å². The molecule has 6 aromatic carbocycles. The summed E-state index contributed by atoms with van der Waals surface area (Å²) in [5.41, 5.74) is 12.1. The maximum atomic E-state index is 5.19. The van der Waals surface area contributed by atoms with Gasteiger partial charge in [-0.1, -0.05) is 141 Å². The van der Waals surface area contributed by atoms with Crippen molar-refractivity contribution < 1.29 is 0 Å². The molecule has 0 spiro atoms. The third kappa shape index (κ3) is 6.10. The lowest BCUT2D eigenvalue weighted by molar-refractivity contribution is 0.972. The Kier molecular flexibility index (Phi) is 8.54. The van der Waals surface area contributed by atoms with E-state index in [2.05, 4.69) is 164 Å². The molecule has 0 fully saturated rings. The second kappa shape index (κ2) is 13.7. The zero-order valence-corrected chi connectivity index (χ0v) is 28.3. The molecule has 0 N–H and O–H groups in total. The minimum atomic E-state index is 0.703. The van der Waals surface area contributed by atoms with Gasteiger partial charge in [-0.3, -0.25) is 4.98 Å². The van der Waals surface area contributed by atoms with Crippen LogP contribution in [0.4, 0.5) is 0 Å². The number of allylic oxidation sites excluding steroid dienone is 2. The fourth-order valence-corrected chi connectivity index (χ4v) is 6.93. The van der Waals surface area contributed by atoms with E-state index >= 15 is 0 Å². The maximum Gasteiger partial charge on any atom is 0.160 e. The Morgan fingerprint density at radius 2 is 1.20 bits per heavy atom. The van der Waals surface area contributed by atoms with Crippen molar-refractivity contribution in [3.63, 3.8) is 0 Å². The van der Waals surface area contributed by atoms with Crippen LogP contribution in [0.3, 0.4) is 0 Å². The van der Waals surface area contributed by atoms with Gasteiger partial charge in [-0.25, -0.2) is 9.97 Å². The molecule has 0 radical (unpaired) electrons. The number of rotatable bonds is 8. The highest BCUT2D eigenvalue weighted by Gasteiger charge is 2.14. The van der Waals surface area contributed by atoms with Crippen LogP contribution in [-0.4, -0.2) is 15.0 Å². The summed E-state index contributed by atoms with van der Waals surface area (Å²) >= 11 is 0. The SMILES string of the molecule is C/C=C(\CCC)c1cccc(-c2cc(-c3ccc(-c4cccnc4)cc3)nc(-c3ccc(-c4cc5ccccc5c5ccccc45)cc3)n2)c1. The zero-order chi connectivity index (χ0) is 33.9. The van der Waals surface area contributed by atoms with Crippen molar-refractivity contribution in [1.82, 2.24) is 15.0 Å². The predicted molar refractivity (Wildman–Crippen MR) is 211 cm³/mol. The molecular weight excluding hydrogens is 607 g/mol. The lowest BCUT2D eigenvalue weighted by Gasteiger charge is -2.13. The van der Waals surface area contributed by atoms with Crippen LogP contribution in [-0.2, 0) is 0 Å². The van der Waals surface area contributed by atoms with E-state index in [1.165, 1.54) is 43.8 Å². The molecule has 0 aliphatic carbocycles. The molecule has 0 saturated carbocycles. The highest BCUT2D eigenvalue weighted by molar-refractivity contribution is 6.13. The second-order valence-corrected chi connectivity index (χ2v) is 12.7. The first-order chi connectivity index (χ1) is 24.7. The molecule has 0 amide bonds. The highest BCUT2D eigenvalue weighted by atomic mass is 14.9. The van der Waals surface area contributed by atoms with E-state index in [0.29, 0.717) is 5.82 Å². The van der Waals surface area contributed by atoms with Crippen LogP contribution in [0.2, 0.25) is 0 Å². The summed E-state index contributed by atoms with van der Waals surface area (Å²) in [7, 11) is 0. The zero-order valence-electron chi connectivity index (χ0n) is 28.3. The Balaban J connectivity index is 1.23. The smallest absolute Gasteiger partial charge is 0.160 e. The molecule has 2 heterocycles. The average Bonchev–Trinajstić information content (AvgIpc) is 3.20. The molecule has 2 aromatic heterocycles. The number of pyridine rings is 1. The van der Waals surface area contributed by atoms with Crippen molar-refractivity contribution in [2.45, 2.75) is 26.7 Å². The average molecular weight is 644 g/mol. The van der Waals surface area contributed by atoms with Crippen LogP contribution >= 0.6 is 0 Å². The summed E-state index contributed by atoms with van der Waals surface area (Å²) in [4.78, 5) is 14.7. The van der Waals surface area contributed by atoms with Crippen LogP contribution in [0.5, 0.6) is 0 Å². The summed E-state index contributed by atoms with van der Waals surface area (Å²) in [6.07, 6.45) is 8.07. The third-order valence-electron chi connectivity index (χ3n) is 9.52. The number of fused-ring (bicyclic) bond motifs is 3. The minimum absolute atomic E-state index is 0.703. The summed E-state index contributed by atoms with van der Waals surface area (Å²) < 4.78 is 0. The number of nitrogens with zero attached hydrogens (tertiary/aromatic N) is 3. The Labute approximate surface area is 293 Å². The van der Waals surface area contributed by atoms with Gasteiger partial charge in [0.15, 0.2) is 5.82 Å². The molecule has 8 rings (SSSR count). The molecule has 0 unspecified atom stereocenters. The summed E-state index contributed by atoms with van der Waals surface area (Å²) in [6, 6.07) is 51.8. The van der Waals surface area contributed by atoms with Crippen LogP contribution < -0.4 is 0 Å². The van der Waals surface area contributed by atoms with Gasteiger partial charge in [-0.2, -0.15) is 0 Å². The number of hydrogen-bond donors (Lipinski definition) is 0. The minimum Gasteiger partial charge on any atom is -0.264 e. The topological polar surface area (TPSA) is 38.7 Å². The van der Waals surface area contributed by atoms with E-state index in [-0.39, 0.29) is 0 Å². The quantitative estimate of drug-likeness (QED) is 0.155. The molecule has 240 valence electrons. The third-order valence-corrected chi connectivity index (χ3v) is 9.52. The monoisotopic (exact) mass is 643 g/mol. The van der Waals surface area contributed by atoms with Gasteiger partial charge in [0.25, 0.3) is 0 Å². The summed E-state index contributed by atoms with van der Waals surface area (Å²) in [5, 5.41) is 5.03. The molecule has 0 saturated heterocycles. The van der Waals surface area contributed by atoms with Crippen molar-refractivity contribution in [3.8, 4) is 56.2 Å². The molecular formula is C47H37N3. The Bertz CT molecular complexity index is 2480. The molecule has 0 aliphatic heterocycles. The number of benzene rings is 6. The van der Waals surface area contributed by atoms with E-state index in [9.17, 15) is 0 Å². The van der Waals surface area contributed by atoms with Gasteiger partial charge >= 0.3 is 0 Å². The lowest BCUT2D eigenvalue weighted by Crippen LogP contribution is -1.97. The molecule has 3 nitrogen and oxygen atoms in total. The van der Waals surface area contributed by atoms with E-state index in [1.54, 1.807) is 6.20 Å². The van der Waals surface area contributed by atoms with Gasteiger partial charge in [-0.05, 0) is 92.5 Å². The standard InChI is InChI=1S/C47H37N3/c1-3-11-32(4-2)37-13-9-14-39(28-37)46-30-45(35-23-19-33(20-24-35)40-15-10-27-48-31-40)49-47(50-46)36-25-21-34(22-26-36)44-29-38-12-5-6-16-41(38)42-17-7-8-18-43(42)44/h4-10,12-31H,3,11H2,1-2H3/b32-4+. The first kappa shape index (κ1) is 31.1. The Hall–Kier alpha value is -6.19. The molecule has 3 heteroatoms. The van der Waals surface area contributed by atoms with E-state index in [4.69, 9.17) is 9.97 Å². The van der Waals surface area contributed by atoms with Crippen molar-refractivity contribution in [3.05, 3.63) is 170 Å². The first-order valence-electron chi connectivity index (χ1n) is 17.4. The van der Waals surface area contributed by atoms with Crippen LogP contribution in [0, 0.1) is 0 Å². The van der Waals surface area contributed by atoms with Gasteiger partial charge in [0.2, 0.25) is 0 Å². The fraction of sp³-hybridized carbons (Fsp3) is 0.0851. The summed E-state index contributed by atoms with van der Waals surface area (Å²) in [5.74, 6) is 0.703. The largest absolute Gasteiger partial charge is 0.264 e. The predicted octanol–water partition coefficient (Wildman–Crippen LogP) is 12.7. The Morgan fingerprint density at radius 1 is 0.540 bits per heavy atom. The second-order valence-electron chi connectivity index (χ2n) is 12.7. The van der Waals surface area contributed by atoms with E-state index < -0.39 is 0 Å². The van der Waals surface area contributed by atoms with Crippen molar-refractivity contribution in [2.24, 2.45) is 0 Å². The maximum absolute atomic E-state index is 5.19. The van der Waals surface area contributed by atoms with Gasteiger partial charge in [0.1, 0.15) is 0 Å². The van der Waals surface area contributed by atoms with Crippen LogP contribution in [0.15, 0.2) is 164 Å². The molecule has 0 aliphatic rings. The highest BCUT2D eigenvalue weighted by Crippen LogP contribution is 2.36. The van der Waals surface area contributed by atoms with Crippen molar-refractivity contribution in [1.29, 1.82) is 0 Å². The Morgan fingerprint density at radius 3 is 1.94 bits per heavy atom. The van der Waals surface area contributed by atoms with Gasteiger partial charge in [0, 0.05) is 29.1 Å². The van der Waals surface area contributed by atoms with E-state index in [1.807, 2.05) is 12.3 Å². The molecule has 8 aromatic rings.